The maximum Gasteiger partial charge on any atom is 0.247 e. The van der Waals surface area contributed by atoms with Crippen molar-refractivity contribution in [2.24, 2.45) is 0 Å². The van der Waals surface area contributed by atoms with E-state index in [2.05, 4.69) is 10.3 Å². The maximum absolute atomic E-state index is 12.9. The molecule has 0 atom stereocenters. The highest BCUT2D eigenvalue weighted by Crippen LogP contribution is 2.24. The summed E-state index contributed by atoms with van der Waals surface area (Å²) in [5, 5.41) is 2.48. The quantitative estimate of drug-likeness (QED) is 0.769. The molecular formula is C13H17F3N2O. The molecule has 0 bridgehead atoms. The first-order valence-corrected chi connectivity index (χ1v) is 6.22. The van der Waals surface area contributed by atoms with E-state index in [1.807, 2.05) is 0 Å². The number of halogens is 3. The molecule has 0 saturated carbocycles. The highest BCUT2D eigenvalue weighted by Gasteiger charge is 2.24. The number of rotatable bonds is 7. The minimum atomic E-state index is -2.64. The molecule has 1 rings (SSSR count). The zero-order valence-corrected chi connectivity index (χ0v) is 10.8. The third-order valence-electron chi connectivity index (χ3n) is 2.71. The Morgan fingerprint density at radius 2 is 2.11 bits per heavy atom. The molecular weight excluding hydrogens is 257 g/mol. The smallest absolute Gasteiger partial charge is 0.247 e. The van der Waals surface area contributed by atoms with E-state index in [0.29, 0.717) is 12.8 Å². The first-order valence-electron chi connectivity index (χ1n) is 6.22. The van der Waals surface area contributed by atoms with E-state index in [-0.39, 0.29) is 31.0 Å². The predicted octanol–water partition coefficient (Wildman–Crippen LogP) is 3.76. The summed E-state index contributed by atoms with van der Waals surface area (Å²) in [6.45, 7) is 1.44. The van der Waals surface area contributed by atoms with Gasteiger partial charge in [0.25, 0.3) is 0 Å². The highest BCUT2D eigenvalue weighted by atomic mass is 19.3. The maximum atomic E-state index is 12.9. The Labute approximate surface area is 110 Å². The van der Waals surface area contributed by atoms with E-state index in [4.69, 9.17) is 0 Å². The Morgan fingerprint density at radius 3 is 2.68 bits per heavy atom. The fraction of sp³-hybridized carbons (Fsp3) is 0.538. The van der Waals surface area contributed by atoms with Crippen LogP contribution in [0.1, 0.15) is 39.0 Å². The molecule has 3 nitrogen and oxygen atoms in total. The summed E-state index contributed by atoms with van der Waals surface area (Å²) in [6.07, 6.45) is 1.45. The Balaban J connectivity index is 2.23. The number of hydrogen-bond donors (Lipinski definition) is 1. The van der Waals surface area contributed by atoms with Gasteiger partial charge in [0, 0.05) is 19.3 Å². The van der Waals surface area contributed by atoms with Crippen LogP contribution in [-0.2, 0) is 4.79 Å². The molecule has 0 aliphatic heterocycles. The van der Waals surface area contributed by atoms with Crippen molar-refractivity contribution in [1.29, 1.82) is 0 Å². The van der Waals surface area contributed by atoms with E-state index in [9.17, 15) is 18.0 Å². The zero-order valence-electron chi connectivity index (χ0n) is 10.8. The van der Waals surface area contributed by atoms with E-state index in [1.54, 1.807) is 0 Å². The SMILES string of the molecule is CCC(F)(F)CCCCC(=O)Nc1ccc(F)cn1. The van der Waals surface area contributed by atoms with Crippen LogP contribution >= 0.6 is 0 Å². The second kappa shape index (κ2) is 7.11. The molecule has 0 fully saturated rings. The van der Waals surface area contributed by atoms with Gasteiger partial charge in [0.2, 0.25) is 11.8 Å². The molecule has 0 aromatic carbocycles. The fourth-order valence-electron chi connectivity index (χ4n) is 1.50. The number of hydrogen-bond acceptors (Lipinski definition) is 2. The van der Waals surface area contributed by atoms with Crippen molar-refractivity contribution in [1.82, 2.24) is 4.98 Å². The number of pyridine rings is 1. The third kappa shape index (κ3) is 6.22. The second-order valence-electron chi connectivity index (χ2n) is 4.33. The molecule has 0 spiro atoms. The van der Waals surface area contributed by atoms with Crippen LogP contribution in [0, 0.1) is 5.82 Å². The molecule has 0 unspecified atom stereocenters. The highest BCUT2D eigenvalue weighted by molar-refractivity contribution is 5.89. The third-order valence-corrected chi connectivity index (χ3v) is 2.71. The Bertz CT molecular complexity index is 407. The van der Waals surface area contributed by atoms with Crippen LogP contribution in [-0.4, -0.2) is 16.8 Å². The van der Waals surface area contributed by atoms with Gasteiger partial charge in [0.1, 0.15) is 11.6 Å². The van der Waals surface area contributed by atoms with Gasteiger partial charge >= 0.3 is 0 Å². The number of carbonyl (C=O) groups excluding carboxylic acids is 1. The Morgan fingerprint density at radius 1 is 1.37 bits per heavy atom. The molecule has 6 heteroatoms. The number of carbonyl (C=O) groups is 1. The lowest BCUT2D eigenvalue weighted by molar-refractivity contribution is -0.116. The van der Waals surface area contributed by atoms with Crippen molar-refractivity contribution >= 4 is 11.7 Å². The number of alkyl halides is 2. The molecule has 0 aliphatic rings. The lowest BCUT2D eigenvalue weighted by Gasteiger charge is -2.13. The largest absolute Gasteiger partial charge is 0.311 e. The second-order valence-corrected chi connectivity index (χ2v) is 4.33. The van der Waals surface area contributed by atoms with Gasteiger partial charge in [-0.15, -0.1) is 0 Å². The van der Waals surface area contributed by atoms with Crippen molar-refractivity contribution < 1.29 is 18.0 Å². The van der Waals surface area contributed by atoms with Crippen LogP contribution in [0.2, 0.25) is 0 Å². The molecule has 0 radical (unpaired) electrons. The van der Waals surface area contributed by atoms with Gasteiger partial charge in [-0.25, -0.2) is 18.2 Å². The van der Waals surface area contributed by atoms with E-state index < -0.39 is 11.7 Å². The Kier molecular flexibility index (Phi) is 5.79. The molecule has 1 amide bonds. The average molecular weight is 274 g/mol. The van der Waals surface area contributed by atoms with E-state index >= 15 is 0 Å². The summed E-state index contributed by atoms with van der Waals surface area (Å²) in [7, 11) is 0. The first-order chi connectivity index (χ1) is 8.93. The van der Waals surface area contributed by atoms with Gasteiger partial charge in [0.15, 0.2) is 0 Å². The molecule has 106 valence electrons. The van der Waals surface area contributed by atoms with Crippen molar-refractivity contribution in [3.8, 4) is 0 Å². The van der Waals surface area contributed by atoms with Gasteiger partial charge in [-0.3, -0.25) is 4.79 Å². The monoisotopic (exact) mass is 274 g/mol. The van der Waals surface area contributed by atoms with Gasteiger partial charge in [0.05, 0.1) is 6.20 Å². The van der Waals surface area contributed by atoms with E-state index in [1.165, 1.54) is 19.1 Å². The molecule has 19 heavy (non-hydrogen) atoms. The van der Waals surface area contributed by atoms with Gasteiger partial charge in [-0.2, -0.15) is 0 Å². The normalized spacial score (nSPS) is 11.4. The van der Waals surface area contributed by atoms with Crippen molar-refractivity contribution in [3.63, 3.8) is 0 Å². The molecule has 1 heterocycles. The van der Waals surface area contributed by atoms with Crippen LogP contribution in [0.15, 0.2) is 18.3 Å². The number of nitrogens with zero attached hydrogens (tertiary/aromatic N) is 1. The van der Waals surface area contributed by atoms with Crippen molar-refractivity contribution in [2.75, 3.05) is 5.32 Å². The van der Waals surface area contributed by atoms with Crippen LogP contribution in [0.3, 0.4) is 0 Å². The summed E-state index contributed by atoms with van der Waals surface area (Å²) in [4.78, 5) is 15.1. The van der Waals surface area contributed by atoms with Crippen LogP contribution in [0.25, 0.3) is 0 Å². The molecule has 1 N–H and O–H groups in total. The van der Waals surface area contributed by atoms with Crippen LogP contribution < -0.4 is 5.32 Å². The fourth-order valence-corrected chi connectivity index (χ4v) is 1.50. The number of anilines is 1. The number of unbranched alkanes of at least 4 members (excludes halogenated alkanes) is 1. The summed E-state index contributed by atoms with van der Waals surface area (Å²) in [6, 6.07) is 2.53. The summed E-state index contributed by atoms with van der Waals surface area (Å²) in [5.41, 5.74) is 0. The van der Waals surface area contributed by atoms with Crippen molar-refractivity contribution in [2.45, 2.75) is 45.0 Å². The minimum absolute atomic E-state index is 0.152. The molecule has 1 aromatic heterocycles. The number of amides is 1. The number of nitrogens with one attached hydrogen (secondary N) is 1. The lowest BCUT2D eigenvalue weighted by atomic mass is 10.1. The molecule has 1 aromatic rings. The van der Waals surface area contributed by atoms with Crippen LogP contribution in [0.5, 0.6) is 0 Å². The van der Waals surface area contributed by atoms with Gasteiger partial charge in [-0.1, -0.05) is 6.92 Å². The average Bonchev–Trinajstić information content (AvgIpc) is 2.38. The molecule has 0 saturated heterocycles. The molecule has 0 aliphatic carbocycles. The first kappa shape index (κ1) is 15.5. The summed E-state index contributed by atoms with van der Waals surface area (Å²) in [5.74, 6) is -3.18. The van der Waals surface area contributed by atoms with Gasteiger partial charge in [-0.05, 0) is 25.0 Å². The lowest BCUT2D eigenvalue weighted by Crippen LogP contribution is -2.15. The standard InChI is InChI=1S/C13H17F3N2O/c1-2-13(15,16)8-4-3-5-12(19)18-11-7-6-10(14)9-17-11/h6-7,9H,2-5,8H2,1H3,(H,17,18,19). The van der Waals surface area contributed by atoms with E-state index in [0.717, 1.165) is 6.20 Å². The van der Waals surface area contributed by atoms with Crippen LogP contribution in [0.4, 0.5) is 19.0 Å². The predicted molar refractivity (Wildman–Crippen MR) is 66.5 cm³/mol. The van der Waals surface area contributed by atoms with Gasteiger partial charge < -0.3 is 5.32 Å². The summed E-state index contributed by atoms with van der Waals surface area (Å²) < 4.78 is 38.4. The number of aromatic nitrogens is 1. The van der Waals surface area contributed by atoms with Crippen molar-refractivity contribution in [3.05, 3.63) is 24.1 Å². The minimum Gasteiger partial charge on any atom is -0.311 e. The Hall–Kier alpha value is -1.59. The zero-order chi connectivity index (χ0) is 14.3. The summed E-state index contributed by atoms with van der Waals surface area (Å²) >= 11 is 0. The topological polar surface area (TPSA) is 42.0 Å².